The molecule has 1 aromatic carbocycles. The zero-order valence-electron chi connectivity index (χ0n) is 8.20. The van der Waals surface area contributed by atoms with E-state index in [0.29, 0.717) is 0 Å². The van der Waals surface area contributed by atoms with Crippen molar-refractivity contribution in [2.24, 2.45) is 0 Å². The van der Waals surface area contributed by atoms with E-state index in [9.17, 15) is 8.78 Å². The first-order chi connectivity index (χ1) is 6.29. The van der Waals surface area contributed by atoms with Crippen molar-refractivity contribution in [3.63, 3.8) is 0 Å². The molecule has 0 bridgehead atoms. The van der Waals surface area contributed by atoms with Crippen LogP contribution in [0.3, 0.4) is 0 Å². The van der Waals surface area contributed by atoms with Crippen molar-refractivity contribution in [1.82, 2.24) is 0 Å². The number of hydrogen-bond donors (Lipinski definition) is 0. The quantitative estimate of drug-likeness (QED) is 0.669. The standard InChI is InChI=1S/C7H5BrF2O/c1-11-6-3-4(8)2-5(9)7(6)10/h2-3H,1H3/i1D3. The fourth-order valence-corrected chi connectivity index (χ4v) is 1.02. The first kappa shape index (κ1) is 5.09. The molecule has 1 rings (SSSR count). The number of ether oxygens (including phenoxy) is 1. The van der Waals surface area contributed by atoms with Crippen LogP contribution in [0.5, 0.6) is 5.75 Å². The van der Waals surface area contributed by atoms with Gasteiger partial charge in [-0.15, -0.1) is 0 Å². The van der Waals surface area contributed by atoms with Crippen molar-refractivity contribution in [2.45, 2.75) is 0 Å². The predicted octanol–water partition coefficient (Wildman–Crippen LogP) is 2.74. The summed E-state index contributed by atoms with van der Waals surface area (Å²) in [5.41, 5.74) is 0. The summed E-state index contributed by atoms with van der Waals surface area (Å²) in [5, 5.41) is 0. The van der Waals surface area contributed by atoms with Gasteiger partial charge in [-0.05, 0) is 12.1 Å². The number of benzene rings is 1. The van der Waals surface area contributed by atoms with Gasteiger partial charge in [0, 0.05) is 4.47 Å². The Balaban J connectivity index is 3.09. The van der Waals surface area contributed by atoms with Crippen LogP contribution in [0, 0.1) is 11.6 Å². The Hall–Kier alpha value is -0.640. The Bertz CT molecular complexity index is 354. The third-order valence-electron chi connectivity index (χ3n) is 1.07. The molecule has 0 N–H and O–H groups in total. The minimum absolute atomic E-state index is 0.204. The van der Waals surface area contributed by atoms with E-state index in [-0.39, 0.29) is 4.47 Å². The molecular formula is C7H5BrF2O. The summed E-state index contributed by atoms with van der Waals surface area (Å²) in [6.07, 6.45) is 0. The van der Waals surface area contributed by atoms with E-state index in [4.69, 9.17) is 4.11 Å². The molecule has 0 aliphatic heterocycles. The molecule has 0 amide bonds. The minimum atomic E-state index is -2.80. The second kappa shape index (κ2) is 3.17. The second-order valence-corrected chi connectivity index (χ2v) is 2.72. The Morgan fingerprint density at radius 3 is 2.91 bits per heavy atom. The Morgan fingerprint density at radius 1 is 1.55 bits per heavy atom. The van der Waals surface area contributed by atoms with Gasteiger partial charge in [-0.1, -0.05) is 15.9 Å². The maximum atomic E-state index is 12.9. The zero-order valence-corrected chi connectivity index (χ0v) is 6.78. The maximum absolute atomic E-state index is 12.9. The molecule has 0 atom stereocenters. The molecule has 0 saturated carbocycles. The van der Waals surface area contributed by atoms with Crippen molar-refractivity contribution < 1.29 is 17.6 Å². The van der Waals surface area contributed by atoms with Crippen LogP contribution in [0.2, 0.25) is 0 Å². The lowest BCUT2D eigenvalue weighted by atomic mass is 10.3. The molecule has 0 saturated heterocycles. The van der Waals surface area contributed by atoms with Gasteiger partial charge >= 0.3 is 0 Å². The lowest BCUT2D eigenvalue weighted by molar-refractivity contribution is 0.371. The largest absolute Gasteiger partial charge is 0.494 e. The summed E-state index contributed by atoms with van der Waals surface area (Å²) in [6, 6.07) is 1.92. The minimum Gasteiger partial charge on any atom is -0.494 e. The van der Waals surface area contributed by atoms with Gasteiger partial charge in [-0.25, -0.2) is 4.39 Å². The molecule has 0 aliphatic carbocycles. The molecule has 0 aliphatic rings. The third kappa shape index (κ3) is 1.68. The average molecular weight is 226 g/mol. The smallest absolute Gasteiger partial charge is 0.200 e. The van der Waals surface area contributed by atoms with Gasteiger partial charge in [0.05, 0.1) is 11.2 Å². The van der Waals surface area contributed by atoms with Crippen LogP contribution in [-0.2, 0) is 0 Å². The van der Waals surface area contributed by atoms with Crippen LogP contribution in [0.1, 0.15) is 4.11 Å². The summed E-state index contributed by atoms with van der Waals surface area (Å²) in [5.74, 6) is -3.13. The number of hydrogen-bond acceptors (Lipinski definition) is 1. The topological polar surface area (TPSA) is 9.23 Å². The zero-order chi connectivity index (χ0) is 10.9. The fourth-order valence-electron chi connectivity index (χ4n) is 0.607. The van der Waals surface area contributed by atoms with E-state index in [1.54, 1.807) is 0 Å². The van der Waals surface area contributed by atoms with Crippen molar-refractivity contribution >= 4 is 15.9 Å². The van der Waals surface area contributed by atoms with Crippen LogP contribution in [-0.4, -0.2) is 7.04 Å². The molecule has 60 valence electrons. The highest BCUT2D eigenvalue weighted by Crippen LogP contribution is 2.24. The molecular weight excluding hydrogens is 218 g/mol. The van der Waals surface area contributed by atoms with Gasteiger partial charge in [-0.2, -0.15) is 4.39 Å². The summed E-state index contributed by atoms with van der Waals surface area (Å²) in [4.78, 5) is 0. The summed E-state index contributed by atoms with van der Waals surface area (Å²) in [6.45, 7) is 0. The number of halogens is 3. The number of methoxy groups -OCH3 is 1. The van der Waals surface area contributed by atoms with E-state index in [2.05, 4.69) is 20.7 Å². The lowest BCUT2D eigenvalue weighted by Crippen LogP contribution is -1.91. The van der Waals surface area contributed by atoms with E-state index < -0.39 is 24.4 Å². The van der Waals surface area contributed by atoms with Gasteiger partial charge in [0.15, 0.2) is 11.6 Å². The van der Waals surface area contributed by atoms with Gasteiger partial charge < -0.3 is 4.74 Å². The molecule has 1 aromatic rings. The predicted molar refractivity (Wildman–Crippen MR) is 40.6 cm³/mol. The molecule has 0 heterocycles. The molecule has 0 unspecified atom stereocenters. The summed E-state index contributed by atoms with van der Waals surface area (Å²) in [7, 11) is -2.80. The van der Waals surface area contributed by atoms with E-state index in [1.165, 1.54) is 0 Å². The molecule has 11 heavy (non-hydrogen) atoms. The van der Waals surface area contributed by atoms with Crippen molar-refractivity contribution in [2.75, 3.05) is 7.04 Å². The molecule has 0 aromatic heterocycles. The van der Waals surface area contributed by atoms with Gasteiger partial charge in [-0.3, -0.25) is 0 Å². The molecule has 1 nitrogen and oxygen atoms in total. The van der Waals surface area contributed by atoms with Crippen molar-refractivity contribution in [1.29, 1.82) is 0 Å². The van der Waals surface area contributed by atoms with Crippen molar-refractivity contribution in [3.05, 3.63) is 28.2 Å². The van der Waals surface area contributed by atoms with Crippen molar-refractivity contribution in [3.8, 4) is 5.75 Å². The fraction of sp³-hybridized carbons (Fsp3) is 0.143. The van der Waals surface area contributed by atoms with Crippen LogP contribution < -0.4 is 4.74 Å². The SMILES string of the molecule is [2H]C([2H])([2H])Oc1cc(Br)cc(F)c1F. The molecule has 4 heteroatoms. The van der Waals surface area contributed by atoms with Gasteiger partial charge in [0.2, 0.25) is 5.82 Å². The molecule has 0 radical (unpaired) electrons. The Labute approximate surface area is 75.3 Å². The Morgan fingerprint density at radius 2 is 2.27 bits per heavy atom. The van der Waals surface area contributed by atoms with E-state index in [0.717, 1.165) is 12.1 Å². The first-order valence-electron chi connectivity index (χ1n) is 4.13. The summed E-state index contributed by atoms with van der Waals surface area (Å²) >= 11 is 2.88. The second-order valence-electron chi connectivity index (χ2n) is 1.80. The lowest BCUT2D eigenvalue weighted by Gasteiger charge is -2.02. The van der Waals surface area contributed by atoms with Crippen LogP contribution in [0.4, 0.5) is 8.78 Å². The first-order valence-corrected chi connectivity index (χ1v) is 3.42. The molecule has 0 spiro atoms. The highest BCUT2D eigenvalue weighted by molar-refractivity contribution is 9.10. The average Bonchev–Trinajstić information content (AvgIpc) is 1.96. The van der Waals surface area contributed by atoms with Crippen LogP contribution >= 0.6 is 15.9 Å². The monoisotopic (exact) mass is 225 g/mol. The van der Waals surface area contributed by atoms with Crippen LogP contribution in [0.25, 0.3) is 0 Å². The highest BCUT2D eigenvalue weighted by Gasteiger charge is 2.09. The number of rotatable bonds is 1. The summed E-state index contributed by atoms with van der Waals surface area (Å²) < 4.78 is 50.3. The van der Waals surface area contributed by atoms with Gasteiger partial charge in [0.1, 0.15) is 0 Å². The van der Waals surface area contributed by atoms with E-state index >= 15 is 0 Å². The van der Waals surface area contributed by atoms with Crippen LogP contribution in [0.15, 0.2) is 16.6 Å². The molecule has 0 fully saturated rings. The van der Waals surface area contributed by atoms with E-state index in [1.807, 2.05) is 0 Å². The third-order valence-corrected chi connectivity index (χ3v) is 1.53. The normalized spacial score (nSPS) is 15.0. The van der Waals surface area contributed by atoms with Gasteiger partial charge in [0.25, 0.3) is 0 Å². The Kier molecular flexibility index (Phi) is 1.47. The maximum Gasteiger partial charge on any atom is 0.200 e. The highest BCUT2D eigenvalue weighted by atomic mass is 79.9.